The van der Waals surface area contributed by atoms with Gasteiger partial charge in [-0.25, -0.2) is 4.99 Å². The van der Waals surface area contributed by atoms with Crippen LogP contribution in [0.25, 0.3) is 0 Å². The number of nitrogens with one attached hydrogen (secondary N) is 1. The number of nitrogens with zero attached hydrogens (tertiary/aromatic N) is 1. The molecule has 0 bridgehead atoms. The molecule has 1 spiro atoms. The highest BCUT2D eigenvalue weighted by Crippen LogP contribution is 2.50. The number of hydrogen-bond acceptors (Lipinski definition) is 5. The van der Waals surface area contributed by atoms with Gasteiger partial charge >= 0.3 is 0 Å². The number of phenols is 1. The summed E-state index contributed by atoms with van der Waals surface area (Å²) in [5, 5.41) is 14.8. The van der Waals surface area contributed by atoms with E-state index in [0.717, 1.165) is 23.6 Å². The zero-order chi connectivity index (χ0) is 19.2. The van der Waals surface area contributed by atoms with Crippen LogP contribution in [0.2, 0.25) is 5.02 Å². The molecule has 142 valence electrons. The Morgan fingerprint density at radius 3 is 2.70 bits per heavy atom. The Kier molecular flexibility index (Phi) is 4.55. The number of amidine groups is 1. The SMILES string of the molecule is CSC1=N[C@@]2(C[C@H](c3ccccc3)c3cc(Cl)c(O)cc3O2)CC(C)(C)N1. The molecule has 2 aliphatic rings. The first-order chi connectivity index (χ1) is 12.8. The molecule has 2 N–H and O–H groups in total. The first kappa shape index (κ1) is 18.5. The lowest BCUT2D eigenvalue weighted by molar-refractivity contribution is 0.0134. The van der Waals surface area contributed by atoms with E-state index in [4.69, 9.17) is 21.3 Å². The van der Waals surface area contributed by atoms with Gasteiger partial charge in [-0.3, -0.25) is 0 Å². The van der Waals surface area contributed by atoms with Gasteiger partial charge < -0.3 is 15.2 Å². The highest BCUT2D eigenvalue weighted by molar-refractivity contribution is 8.13. The quantitative estimate of drug-likeness (QED) is 0.692. The minimum atomic E-state index is -0.680. The summed E-state index contributed by atoms with van der Waals surface area (Å²) in [4.78, 5) is 4.95. The van der Waals surface area contributed by atoms with E-state index in [1.54, 1.807) is 17.8 Å². The number of rotatable bonds is 1. The maximum atomic E-state index is 10.2. The van der Waals surface area contributed by atoms with Gasteiger partial charge in [0, 0.05) is 35.9 Å². The largest absolute Gasteiger partial charge is 0.506 e. The molecule has 2 atom stereocenters. The van der Waals surface area contributed by atoms with Crippen LogP contribution in [0, 0.1) is 0 Å². The van der Waals surface area contributed by atoms with Gasteiger partial charge in [0.05, 0.1) is 5.02 Å². The number of halogens is 1. The van der Waals surface area contributed by atoms with Crippen LogP contribution in [0.4, 0.5) is 0 Å². The zero-order valence-electron chi connectivity index (χ0n) is 15.6. The van der Waals surface area contributed by atoms with E-state index in [1.807, 2.05) is 30.5 Å². The molecule has 0 saturated carbocycles. The van der Waals surface area contributed by atoms with Crippen molar-refractivity contribution in [3.63, 3.8) is 0 Å². The van der Waals surface area contributed by atoms with E-state index in [1.165, 1.54) is 5.56 Å². The Balaban J connectivity index is 1.87. The highest BCUT2D eigenvalue weighted by Gasteiger charge is 2.48. The number of aliphatic imine (C=N–C) groups is 1. The monoisotopic (exact) mass is 402 g/mol. The number of aromatic hydroxyl groups is 1. The van der Waals surface area contributed by atoms with Gasteiger partial charge in [-0.1, -0.05) is 53.7 Å². The summed E-state index contributed by atoms with van der Waals surface area (Å²) >= 11 is 7.81. The van der Waals surface area contributed by atoms with Crippen LogP contribution < -0.4 is 10.1 Å². The van der Waals surface area contributed by atoms with E-state index >= 15 is 0 Å². The molecule has 2 heterocycles. The number of phenolic OH excluding ortho intramolecular Hbond substituents is 1. The fraction of sp³-hybridized carbons (Fsp3) is 0.381. The molecule has 0 amide bonds. The Labute approximate surface area is 169 Å². The molecule has 0 aliphatic carbocycles. The predicted molar refractivity (Wildman–Crippen MR) is 112 cm³/mol. The van der Waals surface area contributed by atoms with Crippen LogP contribution in [-0.4, -0.2) is 27.8 Å². The Hall–Kier alpha value is -1.85. The van der Waals surface area contributed by atoms with Gasteiger partial charge in [-0.05, 0) is 31.7 Å². The number of benzene rings is 2. The minimum absolute atomic E-state index is 0.0292. The molecule has 2 aliphatic heterocycles. The second-order valence-electron chi connectivity index (χ2n) is 7.86. The second-order valence-corrected chi connectivity index (χ2v) is 9.07. The van der Waals surface area contributed by atoms with Crippen molar-refractivity contribution in [1.29, 1.82) is 0 Å². The molecule has 0 radical (unpaired) electrons. The standard InChI is InChI=1S/C21H23ClN2O2S/c1-20(2)12-21(24-19(23-20)27-3)11-15(13-7-5-4-6-8-13)14-9-16(22)17(25)10-18(14)26-21/h4-10,15,25H,11-12H2,1-3H3,(H,23,24)/t15-,21-/m1/s1. The third-order valence-corrected chi connectivity index (χ3v) is 6.02. The fourth-order valence-corrected chi connectivity index (χ4v) is 4.94. The molecular weight excluding hydrogens is 380 g/mol. The van der Waals surface area contributed by atoms with Crippen LogP contribution in [0.1, 0.15) is 43.7 Å². The molecule has 4 nitrogen and oxygen atoms in total. The lowest BCUT2D eigenvalue weighted by Gasteiger charge is -2.47. The van der Waals surface area contributed by atoms with Gasteiger partial charge in [0.15, 0.2) is 5.17 Å². The lowest BCUT2D eigenvalue weighted by atomic mass is 9.78. The third-order valence-electron chi connectivity index (χ3n) is 5.14. The van der Waals surface area contributed by atoms with Crippen molar-refractivity contribution in [1.82, 2.24) is 5.32 Å². The van der Waals surface area contributed by atoms with E-state index in [-0.39, 0.29) is 17.2 Å². The van der Waals surface area contributed by atoms with Crippen molar-refractivity contribution in [2.24, 2.45) is 4.99 Å². The maximum Gasteiger partial charge on any atom is 0.206 e. The topological polar surface area (TPSA) is 53.9 Å². The third kappa shape index (κ3) is 3.50. The lowest BCUT2D eigenvalue weighted by Crippen LogP contribution is -2.56. The average Bonchev–Trinajstić information content (AvgIpc) is 2.62. The summed E-state index contributed by atoms with van der Waals surface area (Å²) in [6, 6.07) is 13.8. The summed E-state index contributed by atoms with van der Waals surface area (Å²) in [6.45, 7) is 4.32. The molecule has 2 aromatic rings. The van der Waals surface area contributed by atoms with E-state index in [9.17, 15) is 5.11 Å². The van der Waals surface area contributed by atoms with Crippen LogP contribution in [0.5, 0.6) is 11.5 Å². The van der Waals surface area contributed by atoms with Crippen LogP contribution >= 0.6 is 23.4 Å². The molecular formula is C21H23ClN2O2S. The van der Waals surface area contributed by atoms with Gasteiger partial charge in [0.25, 0.3) is 0 Å². The van der Waals surface area contributed by atoms with Crippen LogP contribution in [-0.2, 0) is 0 Å². The van der Waals surface area contributed by atoms with E-state index in [0.29, 0.717) is 10.8 Å². The maximum absolute atomic E-state index is 10.2. The number of ether oxygens (including phenoxy) is 1. The van der Waals surface area contributed by atoms with Crippen molar-refractivity contribution in [3.8, 4) is 11.5 Å². The van der Waals surface area contributed by atoms with Crippen molar-refractivity contribution in [3.05, 3.63) is 58.6 Å². The Morgan fingerprint density at radius 1 is 1.26 bits per heavy atom. The van der Waals surface area contributed by atoms with E-state index < -0.39 is 5.72 Å². The average molecular weight is 403 g/mol. The molecule has 0 saturated heterocycles. The molecule has 6 heteroatoms. The number of thioether (sulfide) groups is 1. The summed E-state index contributed by atoms with van der Waals surface area (Å²) in [5.74, 6) is 0.772. The van der Waals surface area contributed by atoms with Crippen molar-refractivity contribution in [2.45, 2.75) is 43.9 Å². The minimum Gasteiger partial charge on any atom is -0.506 e. The first-order valence-electron chi connectivity index (χ1n) is 8.99. The molecule has 0 unspecified atom stereocenters. The van der Waals surface area contributed by atoms with Crippen LogP contribution in [0.3, 0.4) is 0 Å². The second kappa shape index (κ2) is 6.64. The Morgan fingerprint density at radius 2 is 2.00 bits per heavy atom. The van der Waals surface area contributed by atoms with Gasteiger partial charge in [-0.15, -0.1) is 0 Å². The Bertz CT molecular complexity index is 901. The number of fused-ring (bicyclic) bond motifs is 1. The summed E-state index contributed by atoms with van der Waals surface area (Å²) in [7, 11) is 0. The summed E-state index contributed by atoms with van der Waals surface area (Å²) in [5.41, 5.74) is 1.36. The number of hydrogen-bond donors (Lipinski definition) is 2. The molecule has 0 fully saturated rings. The van der Waals surface area contributed by atoms with Gasteiger partial charge in [-0.2, -0.15) is 0 Å². The normalized spacial score (nSPS) is 25.9. The molecule has 0 aromatic heterocycles. The first-order valence-corrected chi connectivity index (χ1v) is 10.6. The van der Waals surface area contributed by atoms with Crippen molar-refractivity contribution < 1.29 is 9.84 Å². The fourth-order valence-electron chi connectivity index (χ4n) is 4.13. The van der Waals surface area contributed by atoms with Gasteiger partial charge in [0.2, 0.25) is 5.72 Å². The summed E-state index contributed by atoms with van der Waals surface area (Å²) in [6.07, 6.45) is 3.47. The van der Waals surface area contributed by atoms with Crippen LogP contribution in [0.15, 0.2) is 47.5 Å². The molecule has 2 aromatic carbocycles. The van der Waals surface area contributed by atoms with Gasteiger partial charge in [0.1, 0.15) is 11.5 Å². The predicted octanol–water partition coefficient (Wildman–Crippen LogP) is 5.15. The molecule has 27 heavy (non-hydrogen) atoms. The molecule has 4 rings (SSSR count). The van der Waals surface area contributed by atoms with E-state index in [2.05, 4.69) is 31.3 Å². The highest BCUT2D eigenvalue weighted by atomic mass is 35.5. The smallest absolute Gasteiger partial charge is 0.206 e. The van der Waals surface area contributed by atoms with Crippen molar-refractivity contribution >= 4 is 28.5 Å². The zero-order valence-corrected chi connectivity index (χ0v) is 17.2. The van der Waals surface area contributed by atoms with Crippen molar-refractivity contribution in [2.75, 3.05) is 6.26 Å². The summed E-state index contributed by atoms with van der Waals surface area (Å²) < 4.78 is 6.46.